The second-order valence-electron chi connectivity index (χ2n) is 7.41. The lowest BCUT2D eigenvalue weighted by Gasteiger charge is -2.35. The quantitative estimate of drug-likeness (QED) is 0.523. The van der Waals surface area contributed by atoms with Crippen molar-refractivity contribution in [1.29, 1.82) is 0 Å². The van der Waals surface area contributed by atoms with Gasteiger partial charge in [-0.15, -0.1) is 0 Å². The van der Waals surface area contributed by atoms with Crippen LogP contribution in [0.15, 0.2) is 78.1 Å². The predicted molar refractivity (Wildman–Crippen MR) is 113 cm³/mol. The number of aromatic nitrogens is 4. The third-order valence-corrected chi connectivity index (χ3v) is 5.38. The number of oxazole rings is 1. The van der Waals surface area contributed by atoms with Crippen molar-refractivity contribution in [1.82, 2.24) is 29.7 Å². The van der Waals surface area contributed by atoms with E-state index in [9.17, 15) is 9.59 Å². The van der Waals surface area contributed by atoms with Crippen LogP contribution in [0.5, 0.6) is 0 Å². The molecular formula is C23H20N6O3. The average molecular weight is 428 g/mol. The monoisotopic (exact) mass is 428 g/mol. The predicted octanol–water partition coefficient (Wildman–Crippen LogP) is 2.44. The Morgan fingerprint density at radius 3 is 2.72 bits per heavy atom. The van der Waals surface area contributed by atoms with Crippen LogP contribution in [0.2, 0.25) is 0 Å². The highest BCUT2D eigenvalue weighted by Gasteiger charge is 2.36. The number of carbonyl (C=O) groups excluding carboxylic acids is 2. The zero-order chi connectivity index (χ0) is 21.9. The molecule has 1 atom stereocenters. The van der Waals surface area contributed by atoms with Gasteiger partial charge >= 0.3 is 0 Å². The van der Waals surface area contributed by atoms with Gasteiger partial charge in [0.15, 0.2) is 12.1 Å². The van der Waals surface area contributed by atoms with E-state index in [4.69, 9.17) is 4.42 Å². The summed E-state index contributed by atoms with van der Waals surface area (Å²) in [4.78, 5) is 40.3. The van der Waals surface area contributed by atoms with Crippen LogP contribution in [-0.2, 0) is 13.1 Å². The molecule has 0 bridgehead atoms. The summed E-state index contributed by atoms with van der Waals surface area (Å²) in [6.45, 7) is 1.32. The summed E-state index contributed by atoms with van der Waals surface area (Å²) in [6.07, 6.45) is 7.70. The average Bonchev–Trinajstić information content (AvgIpc) is 3.53. The molecule has 0 radical (unpaired) electrons. The SMILES string of the molecule is O=C(NCc1cccnc1)c1cn2c(n1)C(c1ccccc1)N(C(=O)c1cocn1)CC2. The molecule has 0 saturated carbocycles. The minimum Gasteiger partial charge on any atom is -0.451 e. The first kappa shape index (κ1) is 19.7. The minimum atomic E-state index is -0.450. The van der Waals surface area contributed by atoms with Gasteiger partial charge in [-0.3, -0.25) is 14.6 Å². The number of hydrogen-bond acceptors (Lipinski definition) is 6. The van der Waals surface area contributed by atoms with Gasteiger partial charge in [-0.25, -0.2) is 9.97 Å². The Bertz CT molecular complexity index is 1220. The van der Waals surface area contributed by atoms with Crippen molar-refractivity contribution in [3.63, 3.8) is 0 Å². The Hall–Kier alpha value is -4.27. The number of carbonyl (C=O) groups is 2. The number of fused-ring (bicyclic) bond motifs is 1. The van der Waals surface area contributed by atoms with E-state index in [0.717, 1.165) is 11.1 Å². The van der Waals surface area contributed by atoms with Crippen LogP contribution < -0.4 is 5.32 Å². The van der Waals surface area contributed by atoms with Crippen molar-refractivity contribution in [2.45, 2.75) is 19.1 Å². The van der Waals surface area contributed by atoms with Gasteiger partial charge in [0.05, 0.1) is 0 Å². The fourth-order valence-corrected chi connectivity index (χ4v) is 3.84. The fourth-order valence-electron chi connectivity index (χ4n) is 3.84. The molecular weight excluding hydrogens is 408 g/mol. The first-order chi connectivity index (χ1) is 15.7. The number of nitrogens with zero attached hydrogens (tertiary/aromatic N) is 5. The molecule has 0 fully saturated rings. The Labute approximate surface area is 183 Å². The maximum absolute atomic E-state index is 13.1. The van der Waals surface area contributed by atoms with Crippen LogP contribution in [0.3, 0.4) is 0 Å². The molecule has 9 heteroatoms. The fraction of sp³-hybridized carbons (Fsp3) is 0.174. The summed E-state index contributed by atoms with van der Waals surface area (Å²) in [5, 5.41) is 2.88. The maximum Gasteiger partial charge on any atom is 0.276 e. The van der Waals surface area contributed by atoms with E-state index in [1.54, 1.807) is 23.5 Å². The molecule has 1 unspecified atom stereocenters. The molecule has 2 amide bonds. The molecule has 4 heterocycles. The number of hydrogen-bond donors (Lipinski definition) is 1. The maximum atomic E-state index is 13.1. The summed E-state index contributed by atoms with van der Waals surface area (Å²) in [7, 11) is 0. The molecule has 1 N–H and O–H groups in total. The summed E-state index contributed by atoms with van der Waals surface area (Å²) < 4.78 is 6.93. The lowest BCUT2D eigenvalue weighted by atomic mass is 10.0. The topological polar surface area (TPSA) is 106 Å². The smallest absolute Gasteiger partial charge is 0.276 e. The standard InChI is InChI=1S/C23H20N6O3/c30-22(25-12-16-5-4-8-24-11-16)18-13-28-9-10-29(23(31)19-14-32-15-26-19)20(21(28)27-18)17-6-2-1-3-7-17/h1-8,11,13-15,20H,9-10,12H2,(H,25,30). The molecule has 1 aliphatic heterocycles. The largest absolute Gasteiger partial charge is 0.451 e. The van der Waals surface area contributed by atoms with Crippen LogP contribution in [-0.4, -0.2) is 42.8 Å². The van der Waals surface area contributed by atoms with Crippen molar-refractivity contribution in [2.75, 3.05) is 6.54 Å². The molecule has 1 aromatic carbocycles. The molecule has 9 nitrogen and oxygen atoms in total. The van der Waals surface area contributed by atoms with Gasteiger partial charge < -0.3 is 19.2 Å². The van der Waals surface area contributed by atoms with E-state index in [0.29, 0.717) is 31.2 Å². The highest BCUT2D eigenvalue weighted by molar-refractivity contribution is 5.93. The van der Waals surface area contributed by atoms with E-state index >= 15 is 0 Å². The molecule has 160 valence electrons. The third-order valence-electron chi connectivity index (χ3n) is 5.38. The highest BCUT2D eigenvalue weighted by Crippen LogP contribution is 2.32. The Balaban J connectivity index is 1.45. The molecule has 5 rings (SSSR count). The molecule has 0 spiro atoms. The van der Waals surface area contributed by atoms with Crippen molar-refractivity contribution in [2.24, 2.45) is 0 Å². The normalized spacial score (nSPS) is 15.2. The highest BCUT2D eigenvalue weighted by atomic mass is 16.3. The van der Waals surface area contributed by atoms with Crippen molar-refractivity contribution in [3.05, 3.63) is 102 Å². The van der Waals surface area contributed by atoms with E-state index in [2.05, 4.69) is 20.3 Å². The first-order valence-corrected chi connectivity index (χ1v) is 10.2. The number of nitrogens with one attached hydrogen (secondary N) is 1. The van der Waals surface area contributed by atoms with Crippen molar-refractivity contribution in [3.8, 4) is 0 Å². The Morgan fingerprint density at radius 1 is 1.09 bits per heavy atom. The second kappa shape index (κ2) is 8.46. The van der Waals surface area contributed by atoms with Gasteiger partial charge in [0.1, 0.15) is 23.8 Å². The third kappa shape index (κ3) is 3.76. The summed E-state index contributed by atoms with van der Waals surface area (Å²) in [5.74, 6) is 0.104. The number of imidazole rings is 1. The van der Waals surface area contributed by atoms with Crippen LogP contribution in [0.25, 0.3) is 0 Å². The number of pyridine rings is 1. The van der Waals surface area contributed by atoms with Crippen LogP contribution in [0, 0.1) is 0 Å². The van der Waals surface area contributed by atoms with E-state index < -0.39 is 6.04 Å². The summed E-state index contributed by atoms with van der Waals surface area (Å²) in [6, 6.07) is 12.9. The molecule has 4 aromatic rings. The number of rotatable bonds is 5. The van der Waals surface area contributed by atoms with Gasteiger partial charge in [-0.1, -0.05) is 36.4 Å². The summed E-state index contributed by atoms with van der Waals surface area (Å²) in [5.41, 5.74) is 2.34. The minimum absolute atomic E-state index is 0.236. The zero-order valence-electron chi connectivity index (χ0n) is 17.1. The van der Waals surface area contributed by atoms with Crippen LogP contribution in [0.1, 0.15) is 44.0 Å². The van der Waals surface area contributed by atoms with Gasteiger partial charge in [0.25, 0.3) is 11.8 Å². The molecule has 0 aliphatic carbocycles. The van der Waals surface area contributed by atoms with Crippen LogP contribution in [0.4, 0.5) is 0 Å². The van der Waals surface area contributed by atoms with Gasteiger partial charge in [0, 0.05) is 38.2 Å². The molecule has 32 heavy (non-hydrogen) atoms. The molecule has 1 aliphatic rings. The summed E-state index contributed by atoms with van der Waals surface area (Å²) >= 11 is 0. The van der Waals surface area contributed by atoms with Crippen LogP contribution >= 0.6 is 0 Å². The van der Waals surface area contributed by atoms with Gasteiger partial charge in [0.2, 0.25) is 0 Å². The molecule has 0 saturated heterocycles. The number of benzene rings is 1. The Kier molecular flexibility index (Phi) is 5.20. The second-order valence-corrected chi connectivity index (χ2v) is 7.41. The molecule has 3 aromatic heterocycles. The zero-order valence-corrected chi connectivity index (χ0v) is 17.1. The van der Waals surface area contributed by atoms with Gasteiger partial charge in [-0.05, 0) is 17.2 Å². The van der Waals surface area contributed by atoms with E-state index in [1.165, 1.54) is 12.7 Å². The van der Waals surface area contributed by atoms with Crippen molar-refractivity contribution >= 4 is 11.8 Å². The lowest BCUT2D eigenvalue weighted by molar-refractivity contribution is 0.0652. The number of amides is 2. The Morgan fingerprint density at radius 2 is 1.97 bits per heavy atom. The van der Waals surface area contributed by atoms with Gasteiger partial charge in [-0.2, -0.15) is 0 Å². The van der Waals surface area contributed by atoms with E-state index in [-0.39, 0.29) is 17.5 Å². The lowest BCUT2D eigenvalue weighted by Crippen LogP contribution is -2.42. The first-order valence-electron chi connectivity index (χ1n) is 10.2. The van der Waals surface area contributed by atoms with E-state index in [1.807, 2.05) is 47.0 Å². The van der Waals surface area contributed by atoms with Crippen molar-refractivity contribution < 1.29 is 14.0 Å².